The molecule has 0 fully saturated rings. The first-order valence-electron chi connectivity index (χ1n) is 5.51. The maximum atomic E-state index is 12.2. The second-order valence-corrected chi connectivity index (χ2v) is 6.40. The molecular weight excluding hydrogens is 390 g/mol. The van der Waals surface area contributed by atoms with E-state index in [1.165, 1.54) is 0 Å². The average molecular weight is 401 g/mol. The lowest BCUT2D eigenvalue weighted by Gasteiger charge is -2.10. The van der Waals surface area contributed by atoms with E-state index in [9.17, 15) is 4.79 Å². The zero-order valence-electron chi connectivity index (χ0n) is 10.1. The monoisotopic (exact) mass is 399 g/mol. The molecule has 0 aliphatic rings. The van der Waals surface area contributed by atoms with Gasteiger partial charge in [-0.05, 0) is 52.5 Å². The molecule has 2 aromatic carbocycles. The van der Waals surface area contributed by atoms with E-state index in [2.05, 4.69) is 37.2 Å². The Bertz CT molecular complexity index is 616. The molecule has 2 rings (SSSR count). The van der Waals surface area contributed by atoms with Crippen LogP contribution in [0.3, 0.4) is 0 Å². The van der Waals surface area contributed by atoms with Gasteiger partial charge in [-0.1, -0.05) is 28.1 Å². The molecule has 0 bridgehead atoms. The van der Waals surface area contributed by atoms with E-state index >= 15 is 0 Å². The van der Waals surface area contributed by atoms with Crippen LogP contribution in [0.2, 0.25) is 0 Å². The highest BCUT2D eigenvalue weighted by Gasteiger charge is 2.12. The van der Waals surface area contributed by atoms with Crippen molar-refractivity contribution in [1.29, 1.82) is 0 Å². The molecule has 0 atom stereocenters. The zero-order valence-corrected chi connectivity index (χ0v) is 14.1. The maximum absolute atomic E-state index is 12.2. The maximum Gasteiger partial charge on any atom is 0.256 e. The minimum atomic E-state index is -0.124. The minimum absolute atomic E-state index is 0.124. The molecule has 0 heterocycles. The van der Waals surface area contributed by atoms with E-state index in [-0.39, 0.29) is 5.91 Å². The van der Waals surface area contributed by atoms with Crippen LogP contribution in [0, 0.1) is 0 Å². The molecule has 0 aliphatic heterocycles. The van der Waals surface area contributed by atoms with Gasteiger partial charge in [0.1, 0.15) is 0 Å². The molecule has 0 radical (unpaired) electrons. The van der Waals surface area contributed by atoms with Gasteiger partial charge in [-0.15, -0.1) is 11.8 Å². The fourth-order valence-corrected chi connectivity index (χ4v) is 3.39. The normalized spacial score (nSPS) is 10.3. The summed E-state index contributed by atoms with van der Waals surface area (Å²) in [6, 6.07) is 13.2. The molecule has 0 aliphatic carbocycles. The van der Waals surface area contributed by atoms with Crippen molar-refractivity contribution in [3.8, 4) is 0 Å². The Morgan fingerprint density at radius 2 is 1.89 bits per heavy atom. The molecule has 19 heavy (non-hydrogen) atoms. The van der Waals surface area contributed by atoms with Crippen LogP contribution in [-0.2, 0) is 0 Å². The summed E-state index contributed by atoms with van der Waals surface area (Å²) in [6.45, 7) is 0. The number of hydrogen-bond acceptors (Lipinski definition) is 2. The molecule has 1 N–H and O–H groups in total. The van der Waals surface area contributed by atoms with Crippen molar-refractivity contribution in [3.05, 3.63) is 57.0 Å². The van der Waals surface area contributed by atoms with Gasteiger partial charge in [-0.2, -0.15) is 0 Å². The molecule has 0 saturated carbocycles. The van der Waals surface area contributed by atoms with Crippen LogP contribution >= 0.6 is 43.6 Å². The van der Waals surface area contributed by atoms with Gasteiger partial charge in [0.2, 0.25) is 0 Å². The summed E-state index contributed by atoms with van der Waals surface area (Å²) in [6.07, 6.45) is 1.99. The number of carbonyl (C=O) groups excluding carboxylic acids is 1. The van der Waals surface area contributed by atoms with Gasteiger partial charge < -0.3 is 5.32 Å². The molecule has 0 saturated heterocycles. The number of anilines is 1. The van der Waals surface area contributed by atoms with Crippen molar-refractivity contribution >= 4 is 55.2 Å². The van der Waals surface area contributed by atoms with E-state index in [1.807, 2.05) is 42.7 Å². The van der Waals surface area contributed by atoms with Crippen molar-refractivity contribution in [2.24, 2.45) is 0 Å². The number of carbonyl (C=O) groups is 1. The summed E-state index contributed by atoms with van der Waals surface area (Å²) >= 11 is 8.38. The average Bonchev–Trinajstić information content (AvgIpc) is 2.39. The predicted molar refractivity (Wildman–Crippen MR) is 88.0 cm³/mol. The Labute approximate surface area is 133 Å². The molecule has 0 aromatic heterocycles. The Morgan fingerprint density at radius 1 is 1.16 bits per heavy atom. The third-order valence-electron chi connectivity index (χ3n) is 2.53. The summed E-state index contributed by atoms with van der Waals surface area (Å²) in [5.74, 6) is -0.124. The first-order chi connectivity index (χ1) is 9.11. The van der Waals surface area contributed by atoms with Crippen LogP contribution in [0.15, 0.2) is 56.3 Å². The number of rotatable bonds is 3. The number of nitrogens with one attached hydrogen (secondary N) is 1. The fourth-order valence-electron chi connectivity index (χ4n) is 1.61. The molecular formula is C14H11Br2NOS. The summed E-state index contributed by atoms with van der Waals surface area (Å²) in [4.78, 5) is 13.3. The van der Waals surface area contributed by atoms with Gasteiger partial charge in [-0.3, -0.25) is 4.79 Å². The highest BCUT2D eigenvalue weighted by atomic mass is 79.9. The largest absolute Gasteiger partial charge is 0.321 e. The van der Waals surface area contributed by atoms with Gasteiger partial charge in [-0.25, -0.2) is 0 Å². The van der Waals surface area contributed by atoms with Gasteiger partial charge >= 0.3 is 0 Å². The van der Waals surface area contributed by atoms with E-state index in [4.69, 9.17) is 0 Å². The van der Waals surface area contributed by atoms with Gasteiger partial charge in [0.05, 0.1) is 11.3 Å². The second-order valence-electron chi connectivity index (χ2n) is 3.78. The van der Waals surface area contributed by atoms with E-state index in [1.54, 1.807) is 17.8 Å². The highest BCUT2D eigenvalue weighted by Crippen LogP contribution is 2.27. The number of amides is 1. The Kier molecular flexibility index (Phi) is 5.07. The number of para-hydroxylation sites is 1. The molecule has 0 unspecified atom stereocenters. The summed E-state index contributed by atoms with van der Waals surface area (Å²) in [5.41, 5.74) is 1.44. The smallest absolute Gasteiger partial charge is 0.256 e. The number of halogens is 2. The predicted octanol–water partition coefficient (Wildman–Crippen LogP) is 5.19. The van der Waals surface area contributed by atoms with Gasteiger partial charge in [0, 0.05) is 13.8 Å². The first kappa shape index (κ1) is 14.6. The standard InChI is InChI=1S/C14H11Br2NOS/c1-19-13-5-3-2-4-12(13)17-14(18)10-7-6-9(15)8-11(10)16/h2-8H,1H3,(H,17,18). The van der Waals surface area contributed by atoms with E-state index < -0.39 is 0 Å². The Balaban J connectivity index is 2.26. The Hall–Kier alpha value is -0.780. The molecule has 1 amide bonds. The zero-order chi connectivity index (χ0) is 13.8. The van der Waals surface area contributed by atoms with Crippen LogP contribution in [0.25, 0.3) is 0 Å². The van der Waals surface area contributed by atoms with Crippen molar-refractivity contribution in [1.82, 2.24) is 0 Å². The third-order valence-corrected chi connectivity index (χ3v) is 4.48. The second kappa shape index (κ2) is 6.59. The third kappa shape index (κ3) is 3.61. The van der Waals surface area contributed by atoms with Crippen LogP contribution in [-0.4, -0.2) is 12.2 Å². The SMILES string of the molecule is CSc1ccccc1NC(=O)c1ccc(Br)cc1Br. The molecule has 98 valence electrons. The lowest BCUT2D eigenvalue weighted by molar-refractivity contribution is 0.102. The van der Waals surface area contributed by atoms with Crippen molar-refractivity contribution in [3.63, 3.8) is 0 Å². The van der Waals surface area contributed by atoms with E-state index in [0.29, 0.717) is 5.56 Å². The lowest BCUT2D eigenvalue weighted by atomic mass is 10.2. The topological polar surface area (TPSA) is 29.1 Å². The quantitative estimate of drug-likeness (QED) is 0.718. The van der Waals surface area contributed by atoms with Crippen molar-refractivity contribution in [2.75, 3.05) is 11.6 Å². The van der Waals surface area contributed by atoms with E-state index in [0.717, 1.165) is 19.5 Å². The minimum Gasteiger partial charge on any atom is -0.321 e. The van der Waals surface area contributed by atoms with Crippen LogP contribution in [0.5, 0.6) is 0 Å². The van der Waals surface area contributed by atoms with Crippen molar-refractivity contribution < 1.29 is 4.79 Å². The highest BCUT2D eigenvalue weighted by molar-refractivity contribution is 9.11. The van der Waals surface area contributed by atoms with Crippen LogP contribution in [0.1, 0.15) is 10.4 Å². The summed E-state index contributed by atoms with van der Waals surface area (Å²) in [7, 11) is 0. The number of benzene rings is 2. The molecule has 5 heteroatoms. The summed E-state index contributed by atoms with van der Waals surface area (Å²) in [5, 5.41) is 2.93. The van der Waals surface area contributed by atoms with Crippen LogP contribution < -0.4 is 5.32 Å². The first-order valence-corrected chi connectivity index (χ1v) is 8.32. The molecule has 0 spiro atoms. The lowest BCUT2D eigenvalue weighted by Crippen LogP contribution is -2.13. The van der Waals surface area contributed by atoms with Gasteiger partial charge in [0.25, 0.3) is 5.91 Å². The number of hydrogen-bond donors (Lipinski definition) is 1. The Morgan fingerprint density at radius 3 is 2.58 bits per heavy atom. The summed E-state index contributed by atoms with van der Waals surface area (Å²) < 4.78 is 1.70. The van der Waals surface area contributed by atoms with Crippen molar-refractivity contribution in [2.45, 2.75) is 4.90 Å². The van der Waals surface area contributed by atoms with Gasteiger partial charge in [0.15, 0.2) is 0 Å². The fraction of sp³-hybridized carbons (Fsp3) is 0.0714. The van der Waals surface area contributed by atoms with Crippen LogP contribution in [0.4, 0.5) is 5.69 Å². The molecule has 2 aromatic rings. The molecule has 2 nitrogen and oxygen atoms in total. The number of thioether (sulfide) groups is 1.